The SMILES string of the molecule is COCCc1nc(COCC2CCCCO2)n(C2CCCCC2)n1. The van der Waals surface area contributed by atoms with Crippen LogP contribution >= 0.6 is 0 Å². The number of hydrogen-bond donors (Lipinski definition) is 0. The largest absolute Gasteiger partial charge is 0.384 e. The minimum Gasteiger partial charge on any atom is -0.384 e. The minimum absolute atomic E-state index is 0.248. The lowest BCUT2D eigenvalue weighted by Gasteiger charge is -2.24. The normalized spacial score (nSPS) is 22.8. The van der Waals surface area contributed by atoms with E-state index in [2.05, 4.69) is 4.68 Å². The molecular formula is C18H31N3O3. The summed E-state index contributed by atoms with van der Waals surface area (Å²) in [6.45, 7) is 2.71. The van der Waals surface area contributed by atoms with E-state index in [1.165, 1.54) is 44.9 Å². The van der Waals surface area contributed by atoms with Crippen LogP contribution in [0.5, 0.6) is 0 Å². The van der Waals surface area contributed by atoms with Gasteiger partial charge in [0.25, 0.3) is 0 Å². The summed E-state index contributed by atoms with van der Waals surface area (Å²) in [4.78, 5) is 4.71. The van der Waals surface area contributed by atoms with Crippen LogP contribution in [0.3, 0.4) is 0 Å². The zero-order chi connectivity index (χ0) is 16.6. The van der Waals surface area contributed by atoms with Gasteiger partial charge in [0.2, 0.25) is 0 Å². The van der Waals surface area contributed by atoms with Gasteiger partial charge in [0.05, 0.1) is 25.4 Å². The molecule has 1 saturated heterocycles. The predicted molar refractivity (Wildman–Crippen MR) is 91.0 cm³/mol. The lowest BCUT2D eigenvalue weighted by molar-refractivity contribution is -0.0465. The summed E-state index contributed by atoms with van der Waals surface area (Å²) in [7, 11) is 1.71. The van der Waals surface area contributed by atoms with Crippen LogP contribution in [0, 0.1) is 0 Å². The number of ether oxygens (including phenoxy) is 3. The van der Waals surface area contributed by atoms with Crippen molar-refractivity contribution in [3.05, 3.63) is 11.6 Å². The Morgan fingerprint density at radius 2 is 1.96 bits per heavy atom. The lowest BCUT2D eigenvalue weighted by atomic mass is 9.96. The third kappa shape index (κ3) is 5.01. The van der Waals surface area contributed by atoms with Crippen LogP contribution in [0.2, 0.25) is 0 Å². The molecule has 2 heterocycles. The van der Waals surface area contributed by atoms with Crippen LogP contribution in [0.15, 0.2) is 0 Å². The van der Waals surface area contributed by atoms with Crippen LogP contribution in [-0.2, 0) is 27.2 Å². The zero-order valence-electron chi connectivity index (χ0n) is 14.9. The Kier molecular flexibility index (Phi) is 7.05. The molecule has 0 N–H and O–H groups in total. The molecule has 6 heteroatoms. The summed E-state index contributed by atoms with van der Waals surface area (Å²) in [6, 6.07) is 0.479. The second-order valence-corrected chi connectivity index (χ2v) is 6.93. The van der Waals surface area contributed by atoms with Crippen molar-refractivity contribution in [3.63, 3.8) is 0 Å². The molecule has 1 aliphatic carbocycles. The molecule has 6 nitrogen and oxygen atoms in total. The Balaban J connectivity index is 1.59. The predicted octanol–water partition coefficient (Wildman–Crippen LogP) is 3.06. The Bertz CT molecular complexity index is 480. The first-order valence-corrected chi connectivity index (χ1v) is 9.49. The van der Waals surface area contributed by atoms with Crippen molar-refractivity contribution >= 4 is 0 Å². The highest BCUT2D eigenvalue weighted by atomic mass is 16.5. The molecule has 0 radical (unpaired) electrons. The molecule has 2 aliphatic rings. The smallest absolute Gasteiger partial charge is 0.153 e. The maximum Gasteiger partial charge on any atom is 0.153 e. The van der Waals surface area contributed by atoms with Crippen LogP contribution in [-0.4, -0.2) is 47.8 Å². The number of nitrogens with zero attached hydrogens (tertiary/aromatic N) is 3. The Labute approximate surface area is 144 Å². The molecular weight excluding hydrogens is 306 g/mol. The standard InChI is InChI=1S/C18H31N3O3/c1-22-12-10-17-19-18(14-23-13-16-9-5-6-11-24-16)21(20-17)15-7-3-2-4-8-15/h15-16H,2-14H2,1H3. The monoisotopic (exact) mass is 337 g/mol. The summed E-state index contributed by atoms with van der Waals surface area (Å²) >= 11 is 0. The second-order valence-electron chi connectivity index (χ2n) is 6.93. The van der Waals surface area contributed by atoms with Crippen LogP contribution in [0.4, 0.5) is 0 Å². The van der Waals surface area contributed by atoms with Gasteiger partial charge < -0.3 is 14.2 Å². The highest BCUT2D eigenvalue weighted by molar-refractivity contribution is 4.95. The molecule has 1 aromatic heterocycles. The molecule has 0 aromatic carbocycles. The van der Waals surface area contributed by atoms with Crippen molar-refractivity contribution in [2.45, 2.75) is 76.5 Å². The van der Waals surface area contributed by atoms with Gasteiger partial charge in [0.1, 0.15) is 6.61 Å². The molecule has 2 fully saturated rings. The maximum atomic E-state index is 5.93. The van der Waals surface area contributed by atoms with Crippen molar-refractivity contribution in [2.75, 3.05) is 26.9 Å². The molecule has 1 saturated carbocycles. The van der Waals surface area contributed by atoms with Crippen molar-refractivity contribution in [1.29, 1.82) is 0 Å². The van der Waals surface area contributed by atoms with Crippen LogP contribution in [0.1, 0.15) is 69.1 Å². The summed E-state index contributed by atoms with van der Waals surface area (Å²) in [5.74, 6) is 1.83. The van der Waals surface area contributed by atoms with E-state index in [1.54, 1.807) is 7.11 Å². The van der Waals surface area contributed by atoms with E-state index in [0.29, 0.717) is 25.9 Å². The minimum atomic E-state index is 0.248. The van der Waals surface area contributed by atoms with Gasteiger partial charge in [-0.3, -0.25) is 0 Å². The zero-order valence-corrected chi connectivity index (χ0v) is 14.9. The van der Waals surface area contributed by atoms with Gasteiger partial charge in [-0.2, -0.15) is 5.10 Å². The fourth-order valence-electron chi connectivity index (χ4n) is 3.64. The third-order valence-electron chi connectivity index (χ3n) is 5.00. The molecule has 0 amide bonds. The van der Waals surface area contributed by atoms with Crippen LogP contribution in [0.25, 0.3) is 0 Å². The van der Waals surface area contributed by atoms with Crippen LogP contribution < -0.4 is 0 Å². The highest BCUT2D eigenvalue weighted by Gasteiger charge is 2.21. The first-order valence-electron chi connectivity index (χ1n) is 9.49. The van der Waals surface area contributed by atoms with Crippen molar-refractivity contribution in [1.82, 2.24) is 14.8 Å². The highest BCUT2D eigenvalue weighted by Crippen LogP contribution is 2.28. The molecule has 136 valence electrons. The molecule has 1 unspecified atom stereocenters. The maximum absolute atomic E-state index is 5.93. The average molecular weight is 337 g/mol. The molecule has 1 aromatic rings. The molecule has 1 atom stereocenters. The average Bonchev–Trinajstić information content (AvgIpc) is 3.05. The second kappa shape index (κ2) is 9.49. The van der Waals surface area contributed by atoms with E-state index in [4.69, 9.17) is 24.3 Å². The summed E-state index contributed by atoms with van der Waals surface area (Å²) in [6.07, 6.45) is 10.8. The topological polar surface area (TPSA) is 58.4 Å². The van der Waals surface area contributed by atoms with Gasteiger partial charge in [-0.1, -0.05) is 19.3 Å². The Hall–Kier alpha value is -0.980. The Morgan fingerprint density at radius 1 is 1.12 bits per heavy atom. The number of rotatable bonds is 8. The quantitative estimate of drug-likeness (QED) is 0.730. The van der Waals surface area contributed by atoms with E-state index in [1.807, 2.05) is 0 Å². The van der Waals surface area contributed by atoms with Crippen molar-refractivity contribution in [3.8, 4) is 0 Å². The summed E-state index contributed by atoms with van der Waals surface area (Å²) in [5.41, 5.74) is 0. The van der Waals surface area contributed by atoms with E-state index < -0.39 is 0 Å². The van der Waals surface area contributed by atoms with Gasteiger partial charge in [-0.15, -0.1) is 0 Å². The van der Waals surface area contributed by atoms with E-state index >= 15 is 0 Å². The molecule has 1 aliphatic heterocycles. The van der Waals surface area contributed by atoms with Gasteiger partial charge in [0.15, 0.2) is 11.6 Å². The number of hydrogen-bond acceptors (Lipinski definition) is 5. The van der Waals surface area contributed by atoms with Gasteiger partial charge in [-0.25, -0.2) is 9.67 Å². The third-order valence-corrected chi connectivity index (χ3v) is 5.00. The molecule has 0 spiro atoms. The summed E-state index contributed by atoms with van der Waals surface area (Å²) in [5, 5.41) is 4.75. The molecule has 24 heavy (non-hydrogen) atoms. The van der Waals surface area contributed by atoms with Gasteiger partial charge in [0, 0.05) is 20.1 Å². The fraction of sp³-hybridized carbons (Fsp3) is 0.889. The molecule has 0 bridgehead atoms. The van der Waals surface area contributed by atoms with Crippen molar-refractivity contribution < 1.29 is 14.2 Å². The Morgan fingerprint density at radius 3 is 2.71 bits per heavy atom. The number of methoxy groups -OCH3 is 1. The first-order chi connectivity index (χ1) is 11.9. The first kappa shape index (κ1) is 17.8. The molecule has 3 rings (SSSR count). The van der Waals surface area contributed by atoms with E-state index in [-0.39, 0.29) is 6.10 Å². The van der Waals surface area contributed by atoms with Gasteiger partial charge in [-0.05, 0) is 32.1 Å². The van der Waals surface area contributed by atoms with Crippen molar-refractivity contribution in [2.24, 2.45) is 0 Å². The summed E-state index contributed by atoms with van der Waals surface area (Å²) < 4.78 is 19.0. The van der Waals surface area contributed by atoms with E-state index in [0.717, 1.165) is 31.1 Å². The van der Waals surface area contributed by atoms with Gasteiger partial charge >= 0.3 is 0 Å². The number of aromatic nitrogens is 3. The van der Waals surface area contributed by atoms with E-state index in [9.17, 15) is 0 Å². The fourth-order valence-corrected chi connectivity index (χ4v) is 3.64. The lowest BCUT2D eigenvalue weighted by Crippen LogP contribution is -2.25.